The fourth-order valence-electron chi connectivity index (χ4n) is 6.09. The first-order valence-corrected chi connectivity index (χ1v) is 13.9. The molecule has 0 spiro atoms. The maximum absolute atomic E-state index is 13.4. The van der Waals surface area contributed by atoms with Gasteiger partial charge >= 0.3 is 0 Å². The van der Waals surface area contributed by atoms with Crippen molar-refractivity contribution in [1.29, 1.82) is 0 Å². The lowest BCUT2D eigenvalue weighted by atomic mass is 9.72. The molecule has 5 rings (SSSR count). The van der Waals surface area contributed by atoms with Gasteiger partial charge in [0.05, 0.1) is 0 Å². The molecule has 2 aromatic rings. The molecule has 2 saturated carbocycles. The Kier molecular flexibility index (Phi) is 6.65. The van der Waals surface area contributed by atoms with Crippen LogP contribution in [0.5, 0.6) is 0 Å². The second-order valence-electron chi connectivity index (χ2n) is 10.3. The van der Waals surface area contributed by atoms with Gasteiger partial charge in [-0.25, -0.2) is 0 Å². The van der Waals surface area contributed by atoms with E-state index in [1.165, 1.54) is 34.4 Å². The number of rotatable bonds is 5. The summed E-state index contributed by atoms with van der Waals surface area (Å²) < 4.78 is 0. The number of aryl methyl sites for hydroxylation is 1. The maximum Gasteiger partial charge on any atom is 0.227 e. The molecule has 3 aliphatic carbocycles. The van der Waals surface area contributed by atoms with Gasteiger partial charge in [0, 0.05) is 28.0 Å². The molecule has 4 heteroatoms. The van der Waals surface area contributed by atoms with Crippen molar-refractivity contribution in [2.24, 2.45) is 17.8 Å². The van der Waals surface area contributed by atoms with Gasteiger partial charge in [0.1, 0.15) is 0 Å². The van der Waals surface area contributed by atoms with Crippen LogP contribution in [0.4, 0.5) is 5.69 Å². The molecule has 174 valence electrons. The maximum atomic E-state index is 13.4. The Morgan fingerprint density at radius 3 is 2.52 bits per heavy atom. The van der Waals surface area contributed by atoms with Crippen LogP contribution in [-0.2, 0) is 11.2 Å². The molecule has 2 aromatic carbocycles. The minimum atomic E-state index is 0.0532. The van der Waals surface area contributed by atoms with Crippen molar-refractivity contribution in [2.75, 3.05) is 11.6 Å². The molecule has 1 atom stereocenters. The first kappa shape index (κ1) is 22.7. The van der Waals surface area contributed by atoms with Crippen LogP contribution < -0.4 is 5.32 Å². The number of anilines is 1. The topological polar surface area (TPSA) is 46.2 Å². The van der Waals surface area contributed by atoms with Crippen LogP contribution >= 0.6 is 11.8 Å². The van der Waals surface area contributed by atoms with Gasteiger partial charge in [0.15, 0.2) is 5.78 Å². The summed E-state index contributed by atoms with van der Waals surface area (Å²) in [7, 11) is 0. The third-order valence-electron chi connectivity index (χ3n) is 8.18. The van der Waals surface area contributed by atoms with Gasteiger partial charge in [0.25, 0.3) is 0 Å². The molecular weight excluding hydrogens is 426 g/mol. The molecule has 33 heavy (non-hydrogen) atoms. The average Bonchev–Trinajstić information content (AvgIpc) is 3.68. The number of carbonyl (C=O) groups is 2. The number of nitrogens with one attached hydrogen (secondary N) is 1. The predicted octanol–water partition coefficient (Wildman–Crippen LogP) is 7.17. The Morgan fingerprint density at radius 1 is 1.00 bits per heavy atom. The highest BCUT2D eigenvalue weighted by Crippen LogP contribution is 2.45. The van der Waals surface area contributed by atoms with E-state index in [1.54, 1.807) is 11.8 Å². The van der Waals surface area contributed by atoms with Crippen LogP contribution in [0, 0.1) is 24.7 Å². The van der Waals surface area contributed by atoms with Crippen molar-refractivity contribution in [2.45, 2.75) is 75.5 Å². The zero-order valence-electron chi connectivity index (χ0n) is 19.9. The van der Waals surface area contributed by atoms with Crippen molar-refractivity contribution in [1.82, 2.24) is 0 Å². The first-order valence-electron chi connectivity index (χ1n) is 12.7. The summed E-state index contributed by atoms with van der Waals surface area (Å²) in [6.45, 7) is 2.12. The first-order chi connectivity index (χ1) is 16.0. The molecule has 0 radical (unpaired) electrons. The number of benzene rings is 2. The van der Waals surface area contributed by atoms with Crippen LogP contribution in [0.3, 0.4) is 0 Å². The van der Waals surface area contributed by atoms with E-state index < -0.39 is 0 Å². The van der Waals surface area contributed by atoms with Gasteiger partial charge in [-0.05, 0) is 112 Å². The molecule has 0 aliphatic heterocycles. The van der Waals surface area contributed by atoms with E-state index in [4.69, 9.17) is 0 Å². The minimum Gasteiger partial charge on any atom is -0.326 e. The van der Waals surface area contributed by atoms with E-state index in [9.17, 15) is 9.59 Å². The highest BCUT2D eigenvalue weighted by molar-refractivity contribution is 7.98. The van der Waals surface area contributed by atoms with Gasteiger partial charge in [-0.15, -0.1) is 11.8 Å². The standard InChI is InChI=1S/C29H35NO2S/c1-18-5-3-8-26-23(18)6-4-7-25(28(26)31)20-11-13-21(14-12-20)29(32)30-22-15-16-24(19-9-10-19)27(17-22)33-2/h3,5,8,15-17,19-21,25H,4,6-7,9-14H2,1-2H3,(H,30,32). The zero-order chi connectivity index (χ0) is 22.9. The molecule has 2 fully saturated rings. The molecule has 0 saturated heterocycles. The van der Waals surface area contributed by atoms with E-state index >= 15 is 0 Å². The number of thioether (sulfide) groups is 1. The van der Waals surface area contributed by atoms with Crippen molar-refractivity contribution in [3.8, 4) is 0 Å². The highest BCUT2D eigenvalue weighted by Gasteiger charge is 2.36. The Labute approximate surface area is 202 Å². The molecule has 1 amide bonds. The van der Waals surface area contributed by atoms with Crippen molar-refractivity contribution >= 4 is 29.1 Å². The van der Waals surface area contributed by atoms with Crippen LogP contribution in [-0.4, -0.2) is 17.9 Å². The Morgan fingerprint density at radius 2 is 1.79 bits per heavy atom. The van der Waals surface area contributed by atoms with Gasteiger partial charge in [-0.1, -0.05) is 24.3 Å². The summed E-state index contributed by atoms with van der Waals surface area (Å²) in [6, 6.07) is 12.6. The third kappa shape index (κ3) is 4.77. The van der Waals surface area contributed by atoms with E-state index in [0.717, 1.165) is 62.1 Å². The molecule has 0 heterocycles. The van der Waals surface area contributed by atoms with Crippen LogP contribution in [0.1, 0.15) is 84.3 Å². The van der Waals surface area contributed by atoms with E-state index in [-0.39, 0.29) is 17.7 Å². The fourth-order valence-corrected chi connectivity index (χ4v) is 6.81. The van der Waals surface area contributed by atoms with Gasteiger partial charge in [-0.2, -0.15) is 0 Å². The zero-order valence-corrected chi connectivity index (χ0v) is 20.7. The molecule has 0 bridgehead atoms. The molecule has 3 nitrogen and oxygen atoms in total. The average molecular weight is 462 g/mol. The monoisotopic (exact) mass is 461 g/mol. The lowest BCUT2D eigenvalue weighted by molar-refractivity contribution is -0.121. The summed E-state index contributed by atoms with van der Waals surface area (Å²) >= 11 is 1.77. The van der Waals surface area contributed by atoms with E-state index in [1.807, 2.05) is 12.1 Å². The predicted molar refractivity (Wildman–Crippen MR) is 136 cm³/mol. The number of amides is 1. The lowest BCUT2D eigenvalue weighted by Crippen LogP contribution is -2.32. The van der Waals surface area contributed by atoms with E-state index in [0.29, 0.717) is 11.7 Å². The third-order valence-corrected chi connectivity index (χ3v) is 8.98. The number of hydrogen-bond donors (Lipinski definition) is 1. The number of Topliss-reactive ketones (excluding diaryl/α,β-unsaturated/α-hetero) is 1. The molecular formula is C29H35NO2S. The normalized spacial score (nSPS) is 25.3. The van der Waals surface area contributed by atoms with E-state index in [2.05, 4.69) is 42.8 Å². The van der Waals surface area contributed by atoms with Gasteiger partial charge < -0.3 is 5.32 Å². The quantitative estimate of drug-likeness (QED) is 0.379. The lowest BCUT2D eigenvalue weighted by Gasteiger charge is -2.32. The molecule has 0 aromatic heterocycles. The van der Waals surface area contributed by atoms with Crippen molar-refractivity contribution < 1.29 is 9.59 Å². The summed E-state index contributed by atoms with van der Waals surface area (Å²) in [6.07, 6.45) is 11.5. The summed E-state index contributed by atoms with van der Waals surface area (Å²) in [5.74, 6) is 1.80. The van der Waals surface area contributed by atoms with Crippen LogP contribution in [0.15, 0.2) is 41.3 Å². The van der Waals surface area contributed by atoms with Crippen LogP contribution in [0.25, 0.3) is 0 Å². The fraction of sp³-hybridized carbons (Fsp3) is 0.517. The van der Waals surface area contributed by atoms with Gasteiger partial charge in [0.2, 0.25) is 5.91 Å². The van der Waals surface area contributed by atoms with Crippen molar-refractivity contribution in [3.63, 3.8) is 0 Å². The molecule has 3 aliphatic rings. The molecule has 1 N–H and O–H groups in total. The second kappa shape index (κ2) is 9.66. The Balaban J connectivity index is 1.20. The Hall–Kier alpha value is -2.07. The largest absolute Gasteiger partial charge is 0.326 e. The summed E-state index contributed by atoms with van der Waals surface area (Å²) in [5, 5.41) is 3.19. The Bertz CT molecular complexity index is 1050. The van der Waals surface area contributed by atoms with Crippen molar-refractivity contribution in [3.05, 3.63) is 58.7 Å². The number of carbonyl (C=O) groups excluding carboxylic acids is 2. The SMILES string of the molecule is CSc1cc(NC(=O)C2CCC(C3CCCc4c(C)cccc4C3=O)CC2)ccc1C1CC1. The molecule has 1 unspecified atom stereocenters. The second-order valence-corrected chi connectivity index (χ2v) is 11.1. The number of fused-ring (bicyclic) bond motifs is 1. The smallest absolute Gasteiger partial charge is 0.227 e. The number of ketones is 1. The van der Waals surface area contributed by atoms with Gasteiger partial charge in [-0.3, -0.25) is 9.59 Å². The van der Waals surface area contributed by atoms with Crippen LogP contribution in [0.2, 0.25) is 0 Å². The highest BCUT2D eigenvalue weighted by atomic mass is 32.2. The summed E-state index contributed by atoms with van der Waals surface area (Å²) in [4.78, 5) is 27.7. The summed E-state index contributed by atoms with van der Waals surface area (Å²) in [5.41, 5.74) is 5.82. The number of hydrogen-bond acceptors (Lipinski definition) is 3. The minimum absolute atomic E-state index is 0.0532.